The van der Waals surface area contributed by atoms with Gasteiger partial charge in [0.25, 0.3) is 0 Å². The molecule has 16 heavy (non-hydrogen) atoms. The van der Waals surface area contributed by atoms with Crippen molar-refractivity contribution in [3.63, 3.8) is 0 Å². The van der Waals surface area contributed by atoms with Gasteiger partial charge >= 0.3 is 0 Å². The van der Waals surface area contributed by atoms with Crippen LogP contribution in [0.4, 0.5) is 8.78 Å². The molecule has 0 radical (unpaired) electrons. The van der Waals surface area contributed by atoms with Crippen LogP contribution < -0.4 is 0 Å². The van der Waals surface area contributed by atoms with Crippen molar-refractivity contribution in [2.24, 2.45) is 0 Å². The molecule has 0 fully saturated rings. The molecule has 0 aliphatic rings. The number of nitrogens with one attached hydrogen (secondary N) is 1. The molecule has 0 spiro atoms. The van der Waals surface area contributed by atoms with Gasteiger partial charge in [0.1, 0.15) is 4.64 Å². The summed E-state index contributed by atoms with van der Waals surface area (Å²) in [4.78, 5) is 0. The highest BCUT2D eigenvalue weighted by molar-refractivity contribution is 7.71. The van der Waals surface area contributed by atoms with E-state index in [0.29, 0.717) is 10.3 Å². The minimum atomic E-state index is -0.891. The number of halogens is 2. The summed E-state index contributed by atoms with van der Waals surface area (Å²) in [5.74, 6) is -1.74. The van der Waals surface area contributed by atoms with E-state index in [1.165, 1.54) is 19.1 Å². The predicted molar refractivity (Wildman–Crippen MR) is 59.5 cm³/mol. The van der Waals surface area contributed by atoms with Crippen molar-refractivity contribution in [3.05, 3.63) is 46.1 Å². The van der Waals surface area contributed by atoms with E-state index in [-0.39, 0.29) is 11.1 Å². The van der Waals surface area contributed by atoms with Crippen LogP contribution in [-0.2, 0) is 0 Å². The smallest absolute Gasteiger partial charge is 0.168 e. The molecule has 1 heterocycles. The number of hydrogen-bond acceptors (Lipinski definition) is 2. The quantitative estimate of drug-likeness (QED) is 0.771. The topological polar surface area (TPSA) is 28.7 Å². The Hall–Kier alpha value is -1.62. The molecule has 2 aromatic rings. The number of aromatic amines is 1. The number of aryl methyl sites for hydroxylation is 1. The van der Waals surface area contributed by atoms with Crippen molar-refractivity contribution in [1.29, 1.82) is 0 Å². The summed E-state index contributed by atoms with van der Waals surface area (Å²) in [6, 6.07) is 6.13. The number of hydrogen-bond donors (Lipinski definition) is 1. The van der Waals surface area contributed by atoms with E-state index in [1.807, 2.05) is 0 Å². The zero-order valence-electron chi connectivity index (χ0n) is 8.42. The molecule has 2 rings (SSSR count). The summed E-state index contributed by atoms with van der Waals surface area (Å²) in [5, 5.41) is 6.38. The summed E-state index contributed by atoms with van der Waals surface area (Å²) in [5.41, 5.74) is 0.712. The van der Waals surface area contributed by atoms with Gasteiger partial charge in [-0.1, -0.05) is 18.3 Å². The molecule has 0 atom stereocenters. The molecule has 0 aliphatic heterocycles. The number of H-pyrrole nitrogens is 1. The van der Waals surface area contributed by atoms with Gasteiger partial charge in [0.05, 0.1) is 5.69 Å². The van der Waals surface area contributed by atoms with Gasteiger partial charge in [-0.25, -0.2) is 8.78 Å². The van der Waals surface area contributed by atoms with Crippen molar-refractivity contribution >= 4 is 12.2 Å². The van der Waals surface area contributed by atoms with Crippen molar-refractivity contribution in [1.82, 2.24) is 10.2 Å². The first-order valence-corrected chi connectivity index (χ1v) is 5.01. The van der Waals surface area contributed by atoms with Crippen LogP contribution in [0, 0.1) is 23.2 Å². The van der Waals surface area contributed by atoms with Crippen LogP contribution in [-0.4, -0.2) is 10.2 Å². The average molecular weight is 238 g/mol. The van der Waals surface area contributed by atoms with Crippen LogP contribution in [0.3, 0.4) is 0 Å². The Balaban J connectivity index is 2.61. The lowest BCUT2D eigenvalue weighted by Crippen LogP contribution is -1.95. The zero-order chi connectivity index (χ0) is 11.7. The van der Waals surface area contributed by atoms with Crippen LogP contribution in [0.5, 0.6) is 0 Å². The van der Waals surface area contributed by atoms with Crippen LogP contribution in [0.15, 0.2) is 24.3 Å². The van der Waals surface area contributed by atoms with Gasteiger partial charge in [0.2, 0.25) is 0 Å². The first-order valence-electron chi connectivity index (χ1n) is 4.60. The molecule has 5 heteroatoms. The summed E-state index contributed by atoms with van der Waals surface area (Å²) in [7, 11) is 0. The maximum atomic E-state index is 13.6. The highest BCUT2D eigenvalue weighted by Gasteiger charge is 2.13. The summed E-state index contributed by atoms with van der Waals surface area (Å²) >= 11 is 4.82. The molecular formula is C11H8F2N2S. The van der Waals surface area contributed by atoms with Gasteiger partial charge in [-0.3, -0.25) is 5.10 Å². The Morgan fingerprint density at radius 1 is 1.12 bits per heavy atom. The standard InChI is InChI=1S/C11H8F2N2S/c1-6-2-3-7(11(13)10(6)12)8-4-5-9(16)15-14-8/h2-5H,1H3,(H,15,16). The molecule has 0 bridgehead atoms. The summed E-state index contributed by atoms with van der Waals surface area (Å²) < 4.78 is 27.4. The lowest BCUT2D eigenvalue weighted by Gasteiger charge is -2.04. The third-order valence-corrected chi connectivity index (χ3v) is 2.46. The second-order valence-electron chi connectivity index (χ2n) is 3.36. The Labute approximate surface area is 96.0 Å². The summed E-state index contributed by atoms with van der Waals surface area (Å²) in [6.07, 6.45) is 0. The monoisotopic (exact) mass is 238 g/mol. The molecule has 0 saturated heterocycles. The van der Waals surface area contributed by atoms with Crippen molar-refractivity contribution in [2.45, 2.75) is 6.92 Å². The van der Waals surface area contributed by atoms with Gasteiger partial charge in [0.15, 0.2) is 11.6 Å². The minimum absolute atomic E-state index is 0.120. The molecule has 1 N–H and O–H groups in total. The van der Waals surface area contributed by atoms with Gasteiger partial charge in [-0.2, -0.15) is 5.10 Å². The lowest BCUT2D eigenvalue weighted by atomic mass is 10.1. The lowest BCUT2D eigenvalue weighted by molar-refractivity contribution is 0.505. The highest BCUT2D eigenvalue weighted by Crippen LogP contribution is 2.23. The number of nitrogens with zero attached hydrogens (tertiary/aromatic N) is 1. The van der Waals surface area contributed by atoms with E-state index in [4.69, 9.17) is 12.2 Å². The van der Waals surface area contributed by atoms with Crippen molar-refractivity contribution in [2.75, 3.05) is 0 Å². The summed E-state index contributed by atoms with van der Waals surface area (Å²) in [6.45, 7) is 1.51. The third kappa shape index (κ3) is 1.86. The second-order valence-corrected chi connectivity index (χ2v) is 3.80. The molecule has 0 aliphatic carbocycles. The Kier molecular flexibility index (Phi) is 2.78. The van der Waals surface area contributed by atoms with Gasteiger partial charge < -0.3 is 0 Å². The number of rotatable bonds is 1. The van der Waals surface area contributed by atoms with Gasteiger partial charge in [-0.15, -0.1) is 0 Å². The molecule has 0 amide bonds. The second kappa shape index (κ2) is 4.09. The van der Waals surface area contributed by atoms with Crippen molar-refractivity contribution < 1.29 is 8.78 Å². The molecule has 82 valence electrons. The number of aromatic nitrogens is 2. The van der Waals surface area contributed by atoms with Crippen LogP contribution in [0.2, 0.25) is 0 Å². The largest absolute Gasteiger partial charge is 0.267 e. The molecule has 0 unspecified atom stereocenters. The molecule has 2 nitrogen and oxygen atoms in total. The third-order valence-electron chi connectivity index (χ3n) is 2.23. The fraction of sp³-hybridized carbons (Fsp3) is 0.0909. The van der Waals surface area contributed by atoms with Gasteiger partial charge in [0, 0.05) is 5.56 Å². The molecule has 1 aromatic carbocycles. The van der Waals surface area contributed by atoms with E-state index in [2.05, 4.69) is 10.2 Å². The fourth-order valence-corrected chi connectivity index (χ4v) is 1.45. The van der Waals surface area contributed by atoms with E-state index < -0.39 is 11.6 Å². The fourth-order valence-electron chi connectivity index (χ4n) is 1.34. The minimum Gasteiger partial charge on any atom is -0.267 e. The van der Waals surface area contributed by atoms with E-state index >= 15 is 0 Å². The first-order chi connectivity index (χ1) is 7.59. The van der Waals surface area contributed by atoms with Gasteiger partial charge in [-0.05, 0) is 30.7 Å². The van der Waals surface area contributed by atoms with E-state index in [1.54, 1.807) is 12.1 Å². The van der Waals surface area contributed by atoms with Crippen molar-refractivity contribution in [3.8, 4) is 11.3 Å². The van der Waals surface area contributed by atoms with E-state index in [9.17, 15) is 8.78 Å². The Morgan fingerprint density at radius 2 is 1.88 bits per heavy atom. The SMILES string of the molecule is Cc1ccc(-c2ccc(=S)[nH]n2)c(F)c1F. The van der Waals surface area contributed by atoms with Crippen LogP contribution in [0.25, 0.3) is 11.3 Å². The maximum Gasteiger partial charge on any atom is 0.168 e. The highest BCUT2D eigenvalue weighted by atomic mass is 32.1. The average Bonchev–Trinajstić information content (AvgIpc) is 2.28. The molecule has 1 aromatic heterocycles. The molecule has 0 saturated carbocycles. The normalized spacial score (nSPS) is 10.4. The maximum absolute atomic E-state index is 13.6. The predicted octanol–water partition coefficient (Wildman–Crippen LogP) is 3.39. The van der Waals surface area contributed by atoms with E-state index in [0.717, 1.165) is 0 Å². The Morgan fingerprint density at radius 3 is 2.50 bits per heavy atom. The Bertz CT molecular complexity index is 573. The van der Waals surface area contributed by atoms with Crippen LogP contribution in [0.1, 0.15) is 5.56 Å². The zero-order valence-corrected chi connectivity index (χ0v) is 9.24. The first kappa shape index (κ1) is 10.9. The molecular weight excluding hydrogens is 230 g/mol. The number of benzene rings is 1. The van der Waals surface area contributed by atoms with Crippen LogP contribution >= 0.6 is 12.2 Å².